The standard InChI is InChI=1S/C24H29FN4O4/c1-15-11-17-13-21(31-3)22(32-4)14-18(17)23(27-29(15)24(30)26-2)16-5-6-19(25)20(12-16)28-7-9-33-10-8-28/h5-6,12-15H,7-11H2,1-4H3,(H,26,30). The van der Waals surface area contributed by atoms with Gasteiger partial charge < -0.3 is 24.4 Å². The third kappa shape index (κ3) is 4.45. The number of benzene rings is 2. The summed E-state index contributed by atoms with van der Waals surface area (Å²) in [5.74, 6) is 0.851. The number of nitrogens with one attached hydrogen (secondary N) is 1. The van der Waals surface area contributed by atoms with Gasteiger partial charge in [-0.05, 0) is 49.2 Å². The monoisotopic (exact) mass is 456 g/mol. The van der Waals surface area contributed by atoms with Crippen LogP contribution in [-0.4, -0.2) is 70.4 Å². The lowest BCUT2D eigenvalue weighted by molar-refractivity contribution is 0.122. The van der Waals surface area contributed by atoms with Gasteiger partial charge in [0.05, 0.1) is 44.9 Å². The van der Waals surface area contributed by atoms with E-state index in [0.717, 1.165) is 11.1 Å². The van der Waals surface area contributed by atoms with Crippen LogP contribution < -0.4 is 19.7 Å². The van der Waals surface area contributed by atoms with Crippen LogP contribution in [0.15, 0.2) is 35.4 Å². The minimum atomic E-state index is -0.317. The molecule has 0 bridgehead atoms. The summed E-state index contributed by atoms with van der Waals surface area (Å²) in [5, 5.41) is 8.86. The molecule has 0 saturated carbocycles. The normalized spacial score (nSPS) is 18.2. The van der Waals surface area contributed by atoms with Gasteiger partial charge in [-0.1, -0.05) is 0 Å². The summed E-state index contributed by atoms with van der Waals surface area (Å²) in [6.07, 6.45) is 0.563. The van der Waals surface area contributed by atoms with Gasteiger partial charge in [0.2, 0.25) is 0 Å². The summed E-state index contributed by atoms with van der Waals surface area (Å²) < 4.78 is 31.3. The summed E-state index contributed by atoms with van der Waals surface area (Å²) in [6.45, 7) is 4.25. The van der Waals surface area contributed by atoms with Crippen LogP contribution in [0.25, 0.3) is 0 Å². The number of amides is 2. The van der Waals surface area contributed by atoms with Crippen molar-refractivity contribution in [2.45, 2.75) is 19.4 Å². The molecule has 0 aromatic heterocycles. The number of hydrazone groups is 1. The van der Waals surface area contributed by atoms with Gasteiger partial charge in [0.15, 0.2) is 11.5 Å². The highest BCUT2D eigenvalue weighted by Gasteiger charge is 2.29. The molecule has 2 aromatic carbocycles. The van der Waals surface area contributed by atoms with Crippen molar-refractivity contribution in [3.05, 3.63) is 52.8 Å². The van der Waals surface area contributed by atoms with E-state index in [1.807, 2.05) is 24.0 Å². The van der Waals surface area contributed by atoms with Crippen LogP contribution in [0.5, 0.6) is 11.5 Å². The fraction of sp³-hybridized carbons (Fsp3) is 0.417. The van der Waals surface area contributed by atoms with E-state index in [1.54, 1.807) is 33.4 Å². The lowest BCUT2D eigenvalue weighted by Crippen LogP contribution is -2.41. The summed E-state index contributed by atoms with van der Waals surface area (Å²) in [5.41, 5.74) is 3.53. The maximum atomic E-state index is 14.8. The van der Waals surface area contributed by atoms with Gasteiger partial charge in [-0.25, -0.2) is 14.2 Å². The van der Waals surface area contributed by atoms with Crippen LogP contribution in [0.4, 0.5) is 14.9 Å². The number of fused-ring (bicyclic) bond motifs is 1. The van der Waals surface area contributed by atoms with E-state index in [1.165, 1.54) is 11.1 Å². The molecule has 176 valence electrons. The van der Waals surface area contributed by atoms with Crippen molar-refractivity contribution in [3.8, 4) is 11.5 Å². The van der Waals surface area contributed by atoms with Gasteiger partial charge in [0, 0.05) is 31.3 Å². The molecule has 2 amide bonds. The van der Waals surface area contributed by atoms with Crippen molar-refractivity contribution < 1.29 is 23.4 Å². The number of hydrogen-bond donors (Lipinski definition) is 1. The lowest BCUT2D eigenvalue weighted by atomic mass is 9.93. The van der Waals surface area contributed by atoms with Crippen LogP contribution in [0.3, 0.4) is 0 Å². The zero-order valence-corrected chi connectivity index (χ0v) is 19.4. The molecule has 8 nitrogen and oxygen atoms in total. The van der Waals surface area contributed by atoms with Gasteiger partial charge in [-0.3, -0.25) is 0 Å². The van der Waals surface area contributed by atoms with E-state index < -0.39 is 0 Å². The molecule has 4 rings (SSSR count). The largest absolute Gasteiger partial charge is 0.493 e. The first-order chi connectivity index (χ1) is 16.0. The molecule has 1 fully saturated rings. The molecule has 0 spiro atoms. The predicted molar refractivity (Wildman–Crippen MR) is 124 cm³/mol. The first kappa shape index (κ1) is 22.8. The third-order valence-electron chi connectivity index (χ3n) is 6.00. The van der Waals surface area contributed by atoms with Crippen LogP contribution in [-0.2, 0) is 11.2 Å². The number of rotatable bonds is 4. The molecule has 1 atom stereocenters. The first-order valence-electron chi connectivity index (χ1n) is 10.9. The minimum Gasteiger partial charge on any atom is -0.493 e. The van der Waals surface area contributed by atoms with Gasteiger partial charge in [0.25, 0.3) is 0 Å². The van der Waals surface area contributed by atoms with Crippen molar-refractivity contribution in [2.75, 3.05) is 52.5 Å². The Kier molecular flexibility index (Phi) is 6.69. The Morgan fingerprint density at radius 3 is 2.52 bits per heavy atom. The second-order valence-electron chi connectivity index (χ2n) is 8.03. The number of halogens is 1. The topological polar surface area (TPSA) is 75.6 Å². The maximum absolute atomic E-state index is 14.8. The number of carbonyl (C=O) groups is 1. The Labute approximate surface area is 192 Å². The Morgan fingerprint density at radius 1 is 1.15 bits per heavy atom. The van der Waals surface area contributed by atoms with Crippen molar-refractivity contribution in [1.29, 1.82) is 0 Å². The first-order valence-corrected chi connectivity index (χ1v) is 10.9. The van der Waals surface area contributed by atoms with Gasteiger partial charge >= 0.3 is 6.03 Å². The zero-order chi connectivity index (χ0) is 23.5. The third-order valence-corrected chi connectivity index (χ3v) is 6.00. The average molecular weight is 457 g/mol. The van der Waals surface area contributed by atoms with E-state index >= 15 is 0 Å². The second kappa shape index (κ2) is 9.66. The highest BCUT2D eigenvalue weighted by molar-refractivity contribution is 6.15. The molecule has 2 aliphatic rings. The number of nitrogens with zero attached hydrogens (tertiary/aromatic N) is 3. The Balaban J connectivity index is 1.89. The molecule has 1 saturated heterocycles. The number of anilines is 1. The fourth-order valence-corrected chi connectivity index (χ4v) is 4.26. The smallest absolute Gasteiger partial charge is 0.337 e. The molecule has 1 unspecified atom stereocenters. The summed E-state index contributed by atoms with van der Waals surface area (Å²) in [4.78, 5) is 14.6. The number of ether oxygens (including phenoxy) is 3. The Bertz CT molecular complexity index is 1070. The predicted octanol–water partition coefficient (Wildman–Crippen LogP) is 3.02. The van der Waals surface area contributed by atoms with Gasteiger partial charge in [-0.15, -0.1) is 0 Å². The highest BCUT2D eigenvalue weighted by atomic mass is 19.1. The van der Waals surface area contributed by atoms with E-state index in [4.69, 9.17) is 19.3 Å². The molecule has 2 aromatic rings. The summed E-state index contributed by atoms with van der Waals surface area (Å²) >= 11 is 0. The fourth-order valence-electron chi connectivity index (χ4n) is 4.26. The van der Waals surface area contributed by atoms with Crippen LogP contribution in [0.1, 0.15) is 23.6 Å². The number of morpholine rings is 1. The second-order valence-corrected chi connectivity index (χ2v) is 8.03. The van der Waals surface area contributed by atoms with E-state index in [2.05, 4.69) is 5.32 Å². The quantitative estimate of drug-likeness (QED) is 0.766. The minimum absolute atomic E-state index is 0.210. The van der Waals surface area contributed by atoms with Crippen LogP contribution in [0, 0.1) is 5.82 Å². The Morgan fingerprint density at radius 2 is 1.85 bits per heavy atom. The molecule has 0 aliphatic carbocycles. The Hall–Kier alpha value is -3.33. The number of carbonyl (C=O) groups excluding carboxylic acids is 1. The molecular weight excluding hydrogens is 427 g/mol. The molecule has 2 heterocycles. The molecular formula is C24H29FN4O4. The van der Waals surface area contributed by atoms with Crippen molar-refractivity contribution in [3.63, 3.8) is 0 Å². The van der Waals surface area contributed by atoms with E-state index in [0.29, 0.717) is 61.2 Å². The lowest BCUT2D eigenvalue weighted by Gasteiger charge is -2.29. The van der Waals surface area contributed by atoms with Gasteiger partial charge in [-0.2, -0.15) is 5.10 Å². The van der Waals surface area contributed by atoms with Crippen molar-refractivity contribution >= 4 is 17.4 Å². The summed E-state index contributed by atoms with van der Waals surface area (Å²) in [7, 11) is 4.74. The highest BCUT2D eigenvalue weighted by Crippen LogP contribution is 2.35. The van der Waals surface area contributed by atoms with Crippen LogP contribution >= 0.6 is 0 Å². The molecule has 1 N–H and O–H groups in total. The molecule has 33 heavy (non-hydrogen) atoms. The van der Waals surface area contributed by atoms with Crippen LogP contribution in [0.2, 0.25) is 0 Å². The number of urea groups is 1. The number of methoxy groups -OCH3 is 2. The van der Waals surface area contributed by atoms with Crippen molar-refractivity contribution in [1.82, 2.24) is 10.3 Å². The SMILES string of the molecule is CNC(=O)N1N=C(c2ccc(F)c(N3CCOCC3)c2)c2cc(OC)c(OC)cc2CC1C. The van der Waals surface area contributed by atoms with Gasteiger partial charge in [0.1, 0.15) is 5.82 Å². The number of hydrogen-bond acceptors (Lipinski definition) is 6. The zero-order valence-electron chi connectivity index (χ0n) is 19.4. The maximum Gasteiger partial charge on any atom is 0.337 e. The molecule has 2 aliphatic heterocycles. The average Bonchev–Trinajstić information content (AvgIpc) is 2.99. The summed E-state index contributed by atoms with van der Waals surface area (Å²) in [6, 6.07) is 8.18. The van der Waals surface area contributed by atoms with E-state index in [9.17, 15) is 9.18 Å². The van der Waals surface area contributed by atoms with E-state index in [-0.39, 0.29) is 17.9 Å². The molecule has 0 radical (unpaired) electrons. The van der Waals surface area contributed by atoms with Crippen molar-refractivity contribution in [2.24, 2.45) is 5.10 Å². The molecule has 9 heteroatoms.